The van der Waals surface area contributed by atoms with Gasteiger partial charge in [0.1, 0.15) is 11.2 Å². The highest BCUT2D eigenvalue weighted by Gasteiger charge is 2.26. The third kappa shape index (κ3) is 6.57. The highest BCUT2D eigenvalue weighted by atomic mass is 16.3. The molecule has 1 aromatic heterocycles. The molecular formula is C56H49NO. The number of furan rings is 1. The molecule has 0 saturated heterocycles. The third-order valence-corrected chi connectivity index (χ3v) is 12.4. The van der Waals surface area contributed by atoms with E-state index in [0.717, 1.165) is 50.1 Å². The summed E-state index contributed by atoms with van der Waals surface area (Å²) in [5.41, 5.74) is 15.2. The average Bonchev–Trinajstić information content (AvgIpc) is 3.65. The van der Waals surface area contributed by atoms with Crippen molar-refractivity contribution < 1.29 is 4.42 Å². The molecule has 1 aliphatic carbocycles. The highest BCUT2D eigenvalue weighted by Crippen LogP contribution is 2.49. The van der Waals surface area contributed by atoms with Gasteiger partial charge in [0.25, 0.3) is 0 Å². The molecule has 2 heteroatoms. The lowest BCUT2D eigenvalue weighted by Gasteiger charge is -2.32. The Morgan fingerprint density at radius 2 is 1.16 bits per heavy atom. The molecule has 0 amide bonds. The van der Waals surface area contributed by atoms with Gasteiger partial charge in [0.2, 0.25) is 0 Å². The van der Waals surface area contributed by atoms with Crippen LogP contribution in [0.3, 0.4) is 0 Å². The molecule has 2 nitrogen and oxygen atoms in total. The fourth-order valence-corrected chi connectivity index (χ4v) is 9.43. The Balaban J connectivity index is 1.21. The van der Waals surface area contributed by atoms with Gasteiger partial charge in [0.15, 0.2) is 0 Å². The van der Waals surface area contributed by atoms with E-state index in [4.69, 9.17) is 4.42 Å². The summed E-state index contributed by atoms with van der Waals surface area (Å²) in [6.07, 6.45) is 6.47. The molecule has 0 atom stereocenters. The van der Waals surface area contributed by atoms with E-state index in [1.807, 2.05) is 12.1 Å². The zero-order valence-electron chi connectivity index (χ0n) is 33.7. The quantitative estimate of drug-likeness (QED) is 0.161. The van der Waals surface area contributed by atoms with Gasteiger partial charge in [-0.15, -0.1) is 0 Å². The van der Waals surface area contributed by atoms with Crippen LogP contribution in [0.5, 0.6) is 0 Å². The number of hydrogen-bond donors (Lipinski definition) is 0. The number of benzene rings is 8. The lowest BCUT2D eigenvalue weighted by atomic mass is 9.80. The maximum atomic E-state index is 6.38. The Hall–Kier alpha value is -6.38. The van der Waals surface area contributed by atoms with Crippen molar-refractivity contribution in [1.29, 1.82) is 0 Å². The first-order chi connectivity index (χ1) is 28.4. The first-order valence-electron chi connectivity index (χ1n) is 21.0. The summed E-state index contributed by atoms with van der Waals surface area (Å²) in [7, 11) is 0. The number of para-hydroxylation sites is 2. The molecule has 9 aromatic rings. The van der Waals surface area contributed by atoms with Gasteiger partial charge in [-0.25, -0.2) is 0 Å². The second kappa shape index (κ2) is 14.8. The lowest BCUT2D eigenvalue weighted by molar-refractivity contribution is 0.445. The molecule has 10 rings (SSSR count). The van der Waals surface area contributed by atoms with Crippen LogP contribution in [0.2, 0.25) is 0 Å². The van der Waals surface area contributed by atoms with E-state index in [-0.39, 0.29) is 5.41 Å². The average molecular weight is 752 g/mol. The van der Waals surface area contributed by atoms with Crippen LogP contribution in [0.4, 0.5) is 17.1 Å². The second-order valence-corrected chi connectivity index (χ2v) is 17.1. The smallest absolute Gasteiger partial charge is 0.136 e. The zero-order chi connectivity index (χ0) is 39.2. The minimum atomic E-state index is -0.0154. The van der Waals surface area contributed by atoms with Gasteiger partial charge in [-0.1, -0.05) is 167 Å². The molecule has 0 unspecified atom stereocenters. The van der Waals surface area contributed by atoms with Gasteiger partial charge in [-0.2, -0.15) is 0 Å². The highest BCUT2D eigenvalue weighted by molar-refractivity contribution is 6.07. The van der Waals surface area contributed by atoms with Crippen LogP contribution >= 0.6 is 0 Å². The van der Waals surface area contributed by atoms with Gasteiger partial charge in [-0.05, 0) is 117 Å². The Morgan fingerprint density at radius 3 is 2.00 bits per heavy atom. The predicted molar refractivity (Wildman–Crippen MR) is 247 cm³/mol. The van der Waals surface area contributed by atoms with Crippen molar-refractivity contribution >= 4 is 49.8 Å². The van der Waals surface area contributed by atoms with E-state index in [1.54, 1.807) is 0 Å². The van der Waals surface area contributed by atoms with Gasteiger partial charge >= 0.3 is 0 Å². The third-order valence-electron chi connectivity index (χ3n) is 12.4. The molecule has 284 valence electrons. The fraction of sp³-hybridized carbons (Fsp3) is 0.179. The van der Waals surface area contributed by atoms with E-state index in [0.29, 0.717) is 5.92 Å². The van der Waals surface area contributed by atoms with Crippen LogP contribution < -0.4 is 4.90 Å². The maximum Gasteiger partial charge on any atom is 0.136 e. The van der Waals surface area contributed by atoms with Gasteiger partial charge in [-0.3, -0.25) is 0 Å². The molecule has 0 radical (unpaired) electrons. The van der Waals surface area contributed by atoms with Gasteiger partial charge < -0.3 is 9.32 Å². The minimum absolute atomic E-state index is 0.0154. The molecule has 8 aromatic carbocycles. The second-order valence-electron chi connectivity index (χ2n) is 17.1. The van der Waals surface area contributed by atoms with E-state index in [1.165, 1.54) is 76.3 Å². The number of fused-ring (bicyclic) bond motifs is 4. The van der Waals surface area contributed by atoms with Gasteiger partial charge in [0.05, 0.1) is 11.4 Å². The van der Waals surface area contributed by atoms with Crippen molar-refractivity contribution in [3.8, 4) is 33.4 Å². The molecule has 1 heterocycles. The molecular weight excluding hydrogens is 703 g/mol. The summed E-state index contributed by atoms with van der Waals surface area (Å²) in [6.45, 7) is 6.91. The first kappa shape index (κ1) is 36.0. The van der Waals surface area contributed by atoms with Crippen molar-refractivity contribution in [3.63, 3.8) is 0 Å². The fourth-order valence-electron chi connectivity index (χ4n) is 9.43. The minimum Gasteiger partial charge on any atom is -0.456 e. The van der Waals surface area contributed by atoms with Crippen LogP contribution in [0.1, 0.15) is 69.9 Å². The van der Waals surface area contributed by atoms with Crippen LogP contribution in [-0.4, -0.2) is 0 Å². The lowest BCUT2D eigenvalue weighted by Crippen LogP contribution is -2.15. The van der Waals surface area contributed by atoms with E-state index in [9.17, 15) is 0 Å². The van der Waals surface area contributed by atoms with Crippen molar-refractivity contribution in [2.45, 2.75) is 64.2 Å². The molecule has 0 N–H and O–H groups in total. The maximum absolute atomic E-state index is 6.38. The van der Waals surface area contributed by atoms with E-state index in [2.05, 4.69) is 189 Å². The standard InChI is InChI=1S/C56H49NO/c1-56(2,3)43-32-34-52(50(37-43)39-19-8-5-9-20-39)57(44-24-14-23-41(35-44)42-31-33-48-47-26-11-13-30-53(47)58-54(48)36-42)51-29-12-10-25-46(51)49-28-16-22-40-21-15-27-45(55(40)49)38-17-6-4-7-18-38/h5,8-16,19-38H,4,6-7,17-18H2,1-3H3. The summed E-state index contributed by atoms with van der Waals surface area (Å²) in [6, 6.07) is 64.9. The summed E-state index contributed by atoms with van der Waals surface area (Å²) < 4.78 is 6.38. The first-order valence-corrected chi connectivity index (χ1v) is 21.0. The molecule has 1 fully saturated rings. The van der Waals surface area contributed by atoms with Crippen molar-refractivity contribution in [2.24, 2.45) is 0 Å². The topological polar surface area (TPSA) is 16.4 Å². The van der Waals surface area contributed by atoms with E-state index >= 15 is 0 Å². The Morgan fingerprint density at radius 1 is 0.483 bits per heavy atom. The van der Waals surface area contributed by atoms with Crippen LogP contribution in [0.15, 0.2) is 180 Å². The van der Waals surface area contributed by atoms with Crippen molar-refractivity contribution in [2.75, 3.05) is 4.90 Å². The number of hydrogen-bond acceptors (Lipinski definition) is 2. The molecule has 0 bridgehead atoms. The van der Waals surface area contributed by atoms with E-state index < -0.39 is 0 Å². The Labute approximate surface area is 342 Å². The van der Waals surface area contributed by atoms with Crippen molar-refractivity contribution in [1.82, 2.24) is 0 Å². The van der Waals surface area contributed by atoms with Crippen LogP contribution in [-0.2, 0) is 5.41 Å². The van der Waals surface area contributed by atoms with Crippen LogP contribution in [0.25, 0.3) is 66.1 Å². The number of nitrogens with zero attached hydrogens (tertiary/aromatic N) is 1. The molecule has 1 saturated carbocycles. The molecule has 58 heavy (non-hydrogen) atoms. The summed E-state index contributed by atoms with van der Waals surface area (Å²) in [5.74, 6) is 0.581. The van der Waals surface area contributed by atoms with Gasteiger partial charge in [0, 0.05) is 27.6 Å². The summed E-state index contributed by atoms with van der Waals surface area (Å²) in [5, 5.41) is 4.99. The Bertz CT molecular complexity index is 2920. The SMILES string of the molecule is CC(C)(C)c1ccc(N(c2cccc(-c3ccc4c(c3)oc3ccccc34)c2)c2ccccc2-c2cccc3cccc(C4CCCCC4)c23)c(-c2ccccc2)c1. The summed E-state index contributed by atoms with van der Waals surface area (Å²) >= 11 is 0. The molecule has 0 spiro atoms. The normalized spacial score (nSPS) is 13.7. The van der Waals surface area contributed by atoms with Crippen molar-refractivity contribution in [3.05, 3.63) is 187 Å². The Kier molecular flexibility index (Phi) is 9.21. The number of rotatable bonds is 7. The monoisotopic (exact) mass is 751 g/mol. The predicted octanol–water partition coefficient (Wildman–Crippen LogP) is 16.6. The largest absolute Gasteiger partial charge is 0.456 e. The van der Waals surface area contributed by atoms with Crippen LogP contribution in [0, 0.1) is 0 Å². The number of anilines is 3. The molecule has 1 aliphatic rings. The zero-order valence-corrected chi connectivity index (χ0v) is 33.7. The summed E-state index contributed by atoms with van der Waals surface area (Å²) in [4.78, 5) is 2.51. The molecule has 0 aliphatic heterocycles.